The van der Waals surface area contributed by atoms with Gasteiger partial charge in [0.15, 0.2) is 0 Å². The summed E-state index contributed by atoms with van der Waals surface area (Å²) in [6.45, 7) is 6.64. The minimum atomic E-state index is -0.514. The lowest BCUT2D eigenvalue weighted by Gasteiger charge is -2.33. The highest BCUT2D eigenvalue weighted by Gasteiger charge is 2.33. The predicted octanol–water partition coefficient (Wildman–Crippen LogP) is 4.55. The number of hydrogen-bond donors (Lipinski definition) is 1. The summed E-state index contributed by atoms with van der Waals surface area (Å²) in [5.74, 6) is 6.74. The monoisotopic (exact) mass is 400 g/mol. The fourth-order valence-corrected chi connectivity index (χ4v) is 4.45. The van der Waals surface area contributed by atoms with Crippen molar-refractivity contribution in [1.82, 2.24) is 20.1 Å². The fourth-order valence-electron chi connectivity index (χ4n) is 4.45. The van der Waals surface area contributed by atoms with Gasteiger partial charge in [0.1, 0.15) is 5.54 Å². The average Bonchev–Trinajstić information content (AvgIpc) is 3.06. The predicted molar refractivity (Wildman–Crippen MR) is 119 cm³/mol. The van der Waals surface area contributed by atoms with Crippen LogP contribution in [0.4, 0.5) is 0 Å². The lowest BCUT2D eigenvalue weighted by molar-refractivity contribution is 0.0902. The Hall–Kier alpha value is -3.13. The number of pyridine rings is 1. The molecule has 3 aromatic rings. The number of fused-ring (bicyclic) bond motifs is 1. The molecule has 30 heavy (non-hydrogen) atoms. The Morgan fingerprint density at radius 1 is 1.17 bits per heavy atom. The van der Waals surface area contributed by atoms with Crippen molar-refractivity contribution in [1.29, 1.82) is 0 Å². The maximum atomic E-state index is 13.3. The molecule has 5 nitrogen and oxygen atoms in total. The second kappa shape index (κ2) is 8.31. The van der Waals surface area contributed by atoms with Crippen LogP contribution in [0.25, 0.3) is 10.8 Å². The van der Waals surface area contributed by atoms with E-state index in [1.807, 2.05) is 56.0 Å². The molecule has 0 aliphatic heterocycles. The van der Waals surface area contributed by atoms with Crippen molar-refractivity contribution in [3.8, 4) is 11.8 Å². The van der Waals surface area contributed by atoms with E-state index in [1.165, 1.54) is 6.42 Å². The Labute approximate surface area is 177 Å². The molecule has 4 rings (SSSR count). The highest BCUT2D eigenvalue weighted by molar-refractivity contribution is 5.97. The maximum absolute atomic E-state index is 13.3. The van der Waals surface area contributed by atoms with E-state index >= 15 is 0 Å². The number of aryl methyl sites for hydroxylation is 2. The number of hydrogen-bond acceptors (Lipinski definition) is 3. The summed E-state index contributed by atoms with van der Waals surface area (Å²) >= 11 is 0. The molecule has 1 aliphatic rings. The first-order valence-electron chi connectivity index (χ1n) is 10.8. The molecule has 1 aromatic carbocycles. The largest absolute Gasteiger partial charge is 0.336 e. The zero-order valence-corrected chi connectivity index (χ0v) is 18.0. The molecule has 1 aliphatic carbocycles. The van der Waals surface area contributed by atoms with Crippen LogP contribution in [-0.2, 0) is 6.54 Å². The van der Waals surface area contributed by atoms with Gasteiger partial charge in [0.2, 0.25) is 0 Å². The third-order valence-electron chi connectivity index (χ3n) is 6.07. The number of rotatable bonds is 3. The van der Waals surface area contributed by atoms with Crippen molar-refractivity contribution in [3.63, 3.8) is 0 Å². The molecule has 0 radical (unpaired) electrons. The Morgan fingerprint density at radius 2 is 1.93 bits per heavy atom. The van der Waals surface area contributed by atoms with Crippen LogP contribution in [0.1, 0.15) is 66.3 Å². The number of carbonyl (C=O) groups is 1. The first-order chi connectivity index (χ1) is 14.5. The topological polar surface area (TPSA) is 59.8 Å². The van der Waals surface area contributed by atoms with Crippen molar-refractivity contribution in [2.24, 2.45) is 0 Å². The molecule has 5 heteroatoms. The zero-order valence-electron chi connectivity index (χ0n) is 18.0. The van der Waals surface area contributed by atoms with Crippen LogP contribution in [0.3, 0.4) is 0 Å². The molecule has 1 amide bonds. The number of carbonyl (C=O) groups excluding carboxylic acids is 1. The second-order valence-electron chi connectivity index (χ2n) is 8.12. The summed E-state index contributed by atoms with van der Waals surface area (Å²) in [5.41, 5.74) is 2.74. The third-order valence-corrected chi connectivity index (χ3v) is 6.07. The van der Waals surface area contributed by atoms with E-state index in [-0.39, 0.29) is 5.91 Å². The van der Waals surface area contributed by atoms with Crippen LogP contribution in [-0.4, -0.2) is 26.2 Å². The van der Waals surface area contributed by atoms with Crippen LogP contribution < -0.4 is 5.32 Å². The summed E-state index contributed by atoms with van der Waals surface area (Å²) in [4.78, 5) is 17.6. The Morgan fingerprint density at radius 3 is 2.67 bits per heavy atom. The zero-order chi connectivity index (χ0) is 21.1. The molecule has 1 saturated carbocycles. The SMILES string of the molecule is CCn1nc(C)c(C(=O)NC2(C#Cc3cncc4ccccc34)CCCCC2)c1C. The van der Waals surface area contributed by atoms with Crippen LogP contribution in [0.5, 0.6) is 0 Å². The first kappa shape index (κ1) is 20.2. The summed E-state index contributed by atoms with van der Waals surface area (Å²) in [6, 6.07) is 8.13. The Bertz CT molecular complexity index is 1140. The van der Waals surface area contributed by atoms with E-state index in [0.29, 0.717) is 5.56 Å². The number of aromatic nitrogens is 3. The summed E-state index contributed by atoms with van der Waals surface area (Å²) < 4.78 is 1.88. The molecule has 154 valence electrons. The van der Waals surface area contributed by atoms with E-state index in [4.69, 9.17) is 0 Å². The minimum Gasteiger partial charge on any atom is -0.336 e. The molecule has 2 heterocycles. The molecular weight excluding hydrogens is 372 g/mol. The maximum Gasteiger partial charge on any atom is 0.256 e. The van der Waals surface area contributed by atoms with Crippen LogP contribution >= 0.6 is 0 Å². The van der Waals surface area contributed by atoms with E-state index < -0.39 is 5.54 Å². The van der Waals surface area contributed by atoms with E-state index in [0.717, 1.165) is 60.0 Å². The van der Waals surface area contributed by atoms with Gasteiger partial charge in [-0.1, -0.05) is 55.4 Å². The molecular formula is C25H28N4O. The molecule has 1 N–H and O–H groups in total. The van der Waals surface area contributed by atoms with Gasteiger partial charge in [-0.15, -0.1) is 0 Å². The van der Waals surface area contributed by atoms with Gasteiger partial charge in [-0.3, -0.25) is 14.5 Å². The van der Waals surface area contributed by atoms with Gasteiger partial charge in [-0.05, 0) is 33.6 Å². The van der Waals surface area contributed by atoms with Crippen LogP contribution in [0.15, 0.2) is 36.7 Å². The lowest BCUT2D eigenvalue weighted by atomic mass is 9.81. The Balaban J connectivity index is 1.69. The molecule has 0 unspecified atom stereocenters. The summed E-state index contributed by atoms with van der Waals surface area (Å²) in [7, 11) is 0. The van der Waals surface area contributed by atoms with Gasteiger partial charge < -0.3 is 5.32 Å². The van der Waals surface area contributed by atoms with Gasteiger partial charge in [0, 0.05) is 35.4 Å². The Kier molecular flexibility index (Phi) is 5.59. The molecule has 0 atom stereocenters. The molecule has 0 saturated heterocycles. The summed E-state index contributed by atoms with van der Waals surface area (Å²) in [6.07, 6.45) is 8.71. The minimum absolute atomic E-state index is 0.0723. The quantitative estimate of drug-likeness (QED) is 0.656. The van der Waals surface area contributed by atoms with Crippen LogP contribution in [0.2, 0.25) is 0 Å². The van der Waals surface area contributed by atoms with Gasteiger partial charge in [0.05, 0.1) is 16.8 Å². The number of amides is 1. The van der Waals surface area contributed by atoms with E-state index in [2.05, 4.69) is 33.3 Å². The van der Waals surface area contributed by atoms with Crippen molar-refractivity contribution in [3.05, 3.63) is 59.2 Å². The van der Waals surface area contributed by atoms with E-state index in [1.54, 1.807) is 0 Å². The normalized spacial score (nSPS) is 15.4. The van der Waals surface area contributed by atoms with Gasteiger partial charge in [-0.25, -0.2) is 0 Å². The van der Waals surface area contributed by atoms with Gasteiger partial charge in [0.25, 0.3) is 5.91 Å². The number of benzene rings is 1. The molecule has 0 bridgehead atoms. The number of nitrogens with zero attached hydrogens (tertiary/aromatic N) is 3. The van der Waals surface area contributed by atoms with Crippen molar-refractivity contribution in [2.45, 2.75) is 65.0 Å². The number of nitrogens with one attached hydrogen (secondary N) is 1. The fraction of sp³-hybridized carbons (Fsp3) is 0.400. The second-order valence-corrected chi connectivity index (χ2v) is 8.12. The molecule has 0 spiro atoms. The highest BCUT2D eigenvalue weighted by atomic mass is 16.1. The smallest absolute Gasteiger partial charge is 0.256 e. The van der Waals surface area contributed by atoms with Gasteiger partial charge >= 0.3 is 0 Å². The standard InChI is InChI=1S/C25H28N4O/c1-4-29-19(3)23(18(2)28-29)24(30)27-25(13-8-5-9-14-25)15-12-21-17-26-16-20-10-6-7-11-22(20)21/h6-7,10-11,16-17H,4-5,8-9,13-14H2,1-3H3,(H,27,30). The van der Waals surface area contributed by atoms with E-state index in [9.17, 15) is 4.79 Å². The molecule has 2 aromatic heterocycles. The van der Waals surface area contributed by atoms with Crippen molar-refractivity contribution in [2.75, 3.05) is 0 Å². The van der Waals surface area contributed by atoms with Gasteiger partial charge in [-0.2, -0.15) is 5.10 Å². The highest BCUT2D eigenvalue weighted by Crippen LogP contribution is 2.29. The van der Waals surface area contributed by atoms with Crippen molar-refractivity contribution < 1.29 is 4.79 Å². The molecule has 1 fully saturated rings. The first-order valence-corrected chi connectivity index (χ1v) is 10.8. The summed E-state index contributed by atoms with van der Waals surface area (Å²) in [5, 5.41) is 9.97. The third kappa shape index (κ3) is 3.82. The van der Waals surface area contributed by atoms with Crippen molar-refractivity contribution >= 4 is 16.7 Å². The lowest BCUT2D eigenvalue weighted by Crippen LogP contribution is -2.49. The van der Waals surface area contributed by atoms with Crippen LogP contribution in [0, 0.1) is 25.7 Å². The average molecular weight is 401 g/mol.